The van der Waals surface area contributed by atoms with Crippen LogP contribution in [0.1, 0.15) is 18.4 Å². The number of thioether (sulfide) groups is 1. The fraction of sp³-hybridized carbons (Fsp3) is 0.500. The number of non-ortho nitro benzene ring substituents is 1. The molecule has 0 N–H and O–H groups in total. The van der Waals surface area contributed by atoms with Gasteiger partial charge in [-0.3, -0.25) is 10.1 Å². The first kappa shape index (κ1) is 11.0. The van der Waals surface area contributed by atoms with E-state index in [1.54, 1.807) is 12.1 Å². The minimum Gasteiger partial charge on any atom is -0.381 e. The molecule has 0 saturated carbocycles. The monoisotopic (exact) mass is 251 g/mol. The lowest BCUT2D eigenvalue weighted by Crippen LogP contribution is -2.32. The van der Waals surface area contributed by atoms with Crippen molar-refractivity contribution in [3.63, 3.8) is 0 Å². The van der Waals surface area contributed by atoms with Gasteiger partial charge in [-0.1, -0.05) is 0 Å². The maximum absolute atomic E-state index is 10.7. The molecule has 1 spiro atoms. The Morgan fingerprint density at radius 3 is 2.82 bits per heavy atom. The molecule has 0 unspecified atom stereocenters. The second kappa shape index (κ2) is 3.99. The van der Waals surface area contributed by atoms with E-state index in [4.69, 9.17) is 4.74 Å². The summed E-state index contributed by atoms with van der Waals surface area (Å²) in [5, 5.41) is 10.7. The Balaban J connectivity index is 1.89. The molecule has 1 aromatic rings. The van der Waals surface area contributed by atoms with Gasteiger partial charge in [-0.2, -0.15) is 0 Å². The first-order valence-corrected chi connectivity index (χ1v) is 6.54. The SMILES string of the molecule is O=[N+]([O-])c1ccc2c(c1)CC1(CCOCC1)S2. The number of hydrogen-bond donors (Lipinski definition) is 0. The van der Waals surface area contributed by atoms with Crippen molar-refractivity contribution in [2.45, 2.75) is 28.9 Å². The predicted molar refractivity (Wildman–Crippen MR) is 65.4 cm³/mol. The zero-order valence-electron chi connectivity index (χ0n) is 9.35. The summed E-state index contributed by atoms with van der Waals surface area (Å²) in [4.78, 5) is 11.6. The molecule has 1 aromatic carbocycles. The largest absolute Gasteiger partial charge is 0.381 e. The van der Waals surface area contributed by atoms with Gasteiger partial charge in [0.05, 0.1) is 4.92 Å². The predicted octanol–water partition coefficient (Wildman–Crippen LogP) is 2.79. The molecule has 17 heavy (non-hydrogen) atoms. The van der Waals surface area contributed by atoms with E-state index in [0.717, 1.165) is 38.0 Å². The van der Waals surface area contributed by atoms with Gasteiger partial charge in [-0.15, -0.1) is 11.8 Å². The van der Waals surface area contributed by atoms with E-state index in [1.165, 1.54) is 4.90 Å². The number of ether oxygens (including phenoxy) is 1. The maximum atomic E-state index is 10.7. The molecule has 0 bridgehead atoms. The molecule has 0 aliphatic carbocycles. The third-order valence-corrected chi connectivity index (χ3v) is 5.10. The molecule has 2 aliphatic rings. The average molecular weight is 251 g/mol. The highest BCUT2D eigenvalue weighted by Crippen LogP contribution is 2.50. The van der Waals surface area contributed by atoms with Gasteiger partial charge < -0.3 is 4.74 Å². The second-order valence-corrected chi connectivity index (χ2v) is 6.13. The first-order chi connectivity index (χ1) is 8.19. The Morgan fingerprint density at radius 2 is 2.12 bits per heavy atom. The van der Waals surface area contributed by atoms with Gasteiger partial charge in [-0.25, -0.2) is 0 Å². The Labute approximate surface area is 103 Å². The Bertz CT molecular complexity index is 469. The van der Waals surface area contributed by atoms with Crippen molar-refractivity contribution in [2.24, 2.45) is 0 Å². The number of nitro benzene ring substituents is 1. The van der Waals surface area contributed by atoms with Crippen LogP contribution in [0, 0.1) is 10.1 Å². The van der Waals surface area contributed by atoms with E-state index in [1.807, 2.05) is 17.8 Å². The molecule has 0 radical (unpaired) electrons. The van der Waals surface area contributed by atoms with Gasteiger partial charge in [0.15, 0.2) is 0 Å². The number of fused-ring (bicyclic) bond motifs is 1. The van der Waals surface area contributed by atoms with Crippen LogP contribution in [0.2, 0.25) is 0 Å². The van der Waals surface area contributed by atoms with Crippen molar-refractivity contribution in [3.05, 3.63) is 33.9 Å². The molecule has 2 heterocycles. The summed E-state index contributed by atoms with van der Waals surface area (Å²) >= 11 is 1.88. The van der Waals surface area contributed by atoms with Crippen LogP contribution in [0.25, 0.3) is 0 Å². The van der Waals surface area contributed by atoms with Crippen LogP contribution in [-0.2, 0) is 11.2 Å². The number of nitro groups is 1. The van der Waals surface area contributed by atoms with E-state index in [9.17, 15) is 10.1 Å². The summed E-state index contributed by atoms with van der Waals surface area (Å²) in [6, 6.07) is 5.22. The van der Waals surface area contributed by atoms with Crippen molar-refractivity contribution >= 4 is 17.4 Å². The van der Waals surface area contributed by atoms with E-state index >= 15 is 0 Å². The first-order valence-electron chi connectivity index (χ1n) is 5.73. The third-order valence-electron chi connectivity index (χ3n) is 3.50. The van der Waals surface area contributed by atoms with E-state index in [2.05, 4.69) is 0 Å². The Kier molecular flexibility index (Phi) is 2.60. The lowest BCUT2D eigenvalue weighted by Gasteiger charge is -2.32. The summed E-state index contributed by atoms with van der Waals surface area (Å²) in [6.45, 7) is 1.62. The molecule has 1 saturated heterocycles. The molecule has 3 rings (SSSR count). The highest BCUT2D eigenvalue weighted by atomic mass is 32.2. The van der Waals surface area contributed by atoms with Crippen molar-refractivity contribution in [1.29, 1.82) is 0 Å². The van der Waals surface area contributed by atoms with Crippen molar-refractivity contribution in [3.8, 4) is 0 Å². The van der Waals surface area contributed by atoms with E-state index in [0.29, 0.717) is 0 Å². The fourth-order valence-corrected chi connectivity index (χ4v) is 4.02. The van der Waals surface area contributed by atoms with Crippen LogP contribution in [-0.4, -0.2) is 22.9 Å². The summed E-state index contributed by atoms with van der Waals surface area (Å²) in [5.41, 5.74) is 1.33. The standard InChI is InChI=1S/C12H13NO3S/c14-13(15)10-1-2-11-9(7-10)8-12(17-11)3-5-16-6-4-12/h1-2,7H,3-6,8H2. The van der Waals surface area contributed by atoms with E-state index in [-0.39, 0.29) is 15.4 Å². The summed E-state index contributed by atoms with van der Waals surface area (Å²) < 4.78 is 5.63. The quantitative estimate of drug-likeness (QED) is 0.569. The Hall–Kier alpha value is -1.07. The maximum Gasteiger partial charge on any atom is 0.269 e. The molecule has 5 heteroatoms. The molecule has 4 nitrogen and oxygen atoms in total. The van der Waals surface area contributed by atoms with Crippen molar-refractivity contribution < 1.29 is 9.66 Å². The van der Waals surface area contributed by atoms with Crippen molar-refractivity contribution in [1.82, 2.24) is 0 Å². The molecule has 90 valence electrons. The third kappa shape index (κ3) is 1.93. The number of hydrogen-bond acceptors (Lipinski definition) is 4. The van der Waals surface area contributed by atoms with Crippen LogP contribution in [0.3, 0.4) is 0 Å². The molecule has 1 fully saturated rings. The zero-order valence-corrected chi connectivity index (χ0v) is 10.2. The van der Waals surface area contributed by atoms with Crippen LogP contribution >= 0.6 is 11.8 Å². The van der Waals surface area contributed by atoms with E-state index < -0.39 is 0 Å². The van der Waals surface area contributed by atoms with Gasteiger partial charge in [-0.05, 0) is 30.9 Å². The fourth-order valence-electron chi connectivity index (χ4n) is 2.56. The van der Waals surface area contributed by atoms with Crippen LogP contribution in [0.15, 0.2) is 23.1 Å². The molecule has 2 aliphatic heterocycles. The molecular weight excluding hydrogens is 238 g/mol. The van der Waals surface area contributed by atoms with Crippen LogP contribution in [0.4, 0.5) is 5.69 Å². The molecule has 0 aromatic heterocycles. The van der Waals surface area contributed by atoms with Gasteiger partial charge in [0.1, 0.15) is 0 Å². The summed E-state index contributed by atoms with van der Waals surface area (Å²) in [5.74, 6) is 0. The smallest absolute Gasteiger partial charge is 0.269 e. The minimum absolute atomic E-state index is 0.202. The lowest BCUT2D eigenvalue weighted by molar-refractivity contribution is -0.385. The van der Waals surface area contributed by atoms with Gasteiger partial charge in [0.2, 0.25) is 0 Å². The topological polar surface area (TPSA) is 52.4 Å². The number of nitrogens with zero attached hydrogens (tertiary/aromatic N) is 1. The van der Waals surface area contributed by atoms with Gasteiger partial charge >= 0.3 is 0 Å². The Morgan fingerprint density at radius 1 is 1.35 bits per heavy atom. The zero-order chi connectivity index (χ0) is 11.9. The minimum atomic E-state index is -0.320. The molecule has 0 atom stereocenters. The average Bonchev–Trinajstić information content (AvgIpc) is 2.66. The summed E-state index contributed by atoms with van der Waals surface area (Å²) in [6.07, 6.45) is 3.03. The number of rotatable bonds is 1. The van der Waals surface area contributed by atoms with Crippen molar-refractivity contribution in [2.75, 3.05) is 13.2 Å². The van der Waals surface area contributed by atoms with Crippen LogP contribution < -0.4 is 0 Å². The number of benzene rings is 1. The second-order valence-electron chi connectivity index (χ2n) is 4.62. The van der Waals surface area contributed by atoms with Gasteiger partial charge in [0.25, 0.3) is 5.69 Å². The summed E-state index contributed by atoms with van der Waals surface area (Å²) in [7, 11) is 0. The normalized spacial score (nSPS) is 21.4. The van der Waals surface area contributed by atoms with Crippen LogP contribution in [0.5, 0.6) is 0 Å². The highest BCUT2D eigenvalue weighted by Gasteiger charge is 2.40. The van der Waals surface area contributed by atoms with Gasteiger partial charge in [0, 0.05) is 35.0 Å². The highest BCUT2D eigenvalue weighted by molar-refractivity contribution is 8.01. The lowest BCUT2D eigenvalue weighted by atomic mass is 9.92. The molecule has 0 amide bonds. The molecular formula is C12H13NO3S.